The Morgan fingerprint density at radius 2 is 1.91 bits per heavy atom. The summed E-state index contributed by atoms with van der Waals surface area (Å²) in [4.78, 5) is 0. The molecule has 0 aromatic carbocycles. The molecule has 0 bridgehead atoms. The Hall–Kier alpha value is -0.200. The van der Waals surface area contributed by atoms with E-state index in [-0.39, 0.29) is 6.42 Å². The van der Waals surface area contributed by atoms with Crippen molar-refractivity contribution in [1.82, 2.24) is 0 Å². The number of ether oxygens (including phenoxy) is 1. The van der Waals surface area contributed by atoms with Gasteiger partial charge in [0.25, 0.3) is 0 Å². The maximum absolute atomic E-state index is 9.11. The Kier molecular flexibility index (Phi) is 2.80. The molecule has 5 heteroatoms. The van der Waals surface area contributed by atoms with E-state index in [1.165, 1.54) is 0 Å². The predicted octanol–water partition coefficient (Wildman–Crippen LogP) is -2.19. The molecule has 1 aliphatic rings. The first-order chi connectivity index (χ1) is 5.15. The second-order valence-corrected chi connectivity index (χ2v) is 2.61. The first kappa shape index (κ1) is 8.89. The van der Waals surface area contributed by atoms with Crippen molar-refractivity contribution in [2.75, 3.05) is 6.61 Å². The summed E-state index contributed by atoms with van der Waals surface area (Å²) in [5.41, 5.74) is 0. The molecule has 1 aliphatic heterocycles. The number of hydrogen-bond donors (Lipinski definition) is 4. The lowest BCUT2D eigenvalue weighted by Crippen LogP contribution is -2.49. The van der Waals surface area contributed by atoms with Crippen LogP contribution in [0.25, 0.3) is 0 Å². The lowest BCUT2D eigenvalue weighted by Gasteiger charge is -2.33. The van der Waals surface area contributed by atoms with Crippen LogP contribution in [0.1, 0.15) is 6.42 Å². The Bertz CT molecular complexity index is 128. The van der Waals surface area contributed by atoms with E-state index in [0.717, 1.165) is 0 Å². The van der Waals surface area contributed by atoms with Crippen LogP contribution in [-0.2, 0) is 4.74 Å². The maximum Gasteiger partial charge on any atom is 0.157 e. The van der Waals surface area contributed by atoms with Crippen LogP contribution in [0.2, 0.25) is 0 Å². The first-order valence-corrected chi connectivity index (χ1v) is 3.45. The van der Waals surface area contributed by atoms with E-state index in [2.05, 4.69) is 0 Å². The van der Waals surface area contributed by atoms with E-state index in [4.69, 9.17) is 25.2 Å². The highest BCUT2D eigenvalue weighted by molar-refractivity contribution is 4.81. The van der Waals surface area contributed by atoms with Gasteiger partial charge in [-0.25, -0.2) is 0 Å². The zero-order valence-corrected chi connectivity index (χ0v) is 5.92. The van der Waals surface area contributed by atoms with Crippen LogP contribution in [0.3, 0.4) is 0 Å². The molecule has 4 atom stereocenters. The third-order valence-electron chi connectivity index (χ3n) is 1.73. The average molecular weight is 164 g/mol. The van der Waals surface area contributed by atoms with Crippen LogP contribution in [0.15, 0.2) is 0 Å². The topological polar surface area (TPSA) is 90.2 Å². The van der Waals surface area contributed by atoms with E-state index >= 15 is 0 Å². The van der Waals surface area contributed by atoms with E-state index in [9.17, 15) is 0 Å². The highest BCUT2D eigenvalue weighted by atomic mass is 16.6. The average Bonchev–Trinajstić information content (AvgIpc) is 1.96. The molecular weight excluding hydrogens is 152 g/mol. The Morgan fingerprint density at radius 1 is 1.27 bits per heavy atom. The number of aliphatic hydroxyl groups excluding tert-OH is 4. The molecule has 0 radical (unpaired) electrons. The fraction of sp³-hybridized carbons (Fsp3) is 1.00. The van der Waals surface area contributed by atoms with Crippen LogP contribution in [0.4, 0.5) is 0 Å². The van der Waals surface area contributed by atoms with Gasteiger partial charge in [0.1, 0.15) is 12.2 Å². The molecule has 1 heterocycles. The van der Waals surface area contributed by atoms with Crippen molar-refractivity contribution in [3.63, 3.8) is 0 Å². The van der Waals surface area contributed by atoms with Gasteiger partial charge >= 0.3 is 0 Å². The quantitative estimate of drug-likeness (QED) is 0.353. The van der Waals surface area contributed by atoms with Gasteiger partial charge in [0.05, 0.1) is 12.7 Å². The lowest BCUT2D eigenvalue weighted by atomic mass is 10.0. The molecule has 0 amide bonds. The highest BCUT2D eigenvalue weighted by Crippen LogP contribution is 2.18. The normalized spacial score (nSPS) is 45.8. The largest absolute Gasteiger partial charge is 0.394 e. The van der Waals surface area contributed by atoms with Crippen LogP contribution in [0.5, 0.6) is 0 Å². The summed E-state index contributed by atoms with van der Waals surface area (Å²) in [6.07, 6.45) is -4.11. The Balaban J connectivity index is 2.51. The molecular formula is C6H12O5. The summed E-state index contributed by atoms with van der Waals surface area (Å²) in [7, 11) is 0. The SMILES string of the molecule is OC[C@@H]1O[C@H](O)C[C@H](O)[C@H]1O. The van der Waals surface area contributed by atoms with Crippen molar-refractivity contribution in [2.24, 2.45) is 0 Å². The molecule has 0 unspecified atom stereocenters. The smallest absolute Gasteiger partial charge is 0.157 e. The zero-order valence-electron chi connectivity index (χ0n) is 5.92. The second kappa shape index (κ2) is 3.46. The number of rotatable bonds is 1. The highest BCUT2D eigenvalue weighted by Gasteiger charge is 2.35. The van der Waals surface area contributed by atoms with Crippen molar-refractivity contribution in [1.29, 1.82) is 0 Å². The van der Waals surface area contributed by atoms with Crippen LogP contribution in [-0.4, -0.2) is 51.6 Å². The van der Waals surface area contributed by atoms with Gasteiger partial charge in [0, 0.05) is 6.42 Å². The number of hydrogen-bond acceptors (Lipinski definition) is 5. The van der Waals surface area contributed by atoms with E-state index < -0.39 is 31.2 Å². The minimum Gasteiger partial charge on any atom is -0.394 e. The van der Waals surface area contributed by atoms with Crippen LogP contribution >= 0.6 is 0 Å². The third kappa shape index (κ3) is 1.88. The van der Waals surface area contributed by atoms with Gasteiger partial charge in [0.15, 0.2) is 6.29 Å². The molecule has 4 N–H and O–H groups in total. The maximum atomic E-state index is 9.11. The summed E-state index contributed by atoms with van der Waals surface area (Å²) in [6, 6.07) is 0. The molecule has 1 saturated heterocycles. The minimum absolute atomic E-state index is 0.0162. The van der Waals surface area contributed by atoms with E-state index in [1.54, 1.807) is 0 Å². The molecule has 5 nitrogen and oxygen atoms in total. The molecule has 0 spiro atoms. The van der Waals surface area contributed by atoms with Crippen molar-refractivity contribution in [2.45, 2.75) is 31.0 Å². The van der Waals surface area contributed by atoms with Crippen molar-refractivity contribution >= 4 is 0 Å². The number of aliphatic hydroxyl groups is 4. The zero-order chi connectivity index (χ0) is 8.43. The van der Waals surface area contributed by atoms with E-state index in [0.29, 0.717) is 0 Å². The van der Waals surface area contributed by atoms with E-state index in [1.807, 2.05) is 0 Å². The van der Waals surface area contributed by atoms with Gasteiger partial charge in [-0.1, -0.05) is 0 Å². The summed E-state index contributed by atoms with van der Waals surface area (Å²) in [6.45, 7) is -0.407. The predicted molar refractivity (Wildman–Crippen MR) is 34.6 cm³/mol. The van der Waals surface area contributed by atoms with Gasteiger partial charge in [-0.05, 0) is 0 Å². The molecule has 1 fully saturated rings. The molecule has 0 aromatic rings. The molecule has 1 rings (SSSR count). The van der Waals surface area contributed by atoms with Crippen molar-refractivity contribution < 1.29 is 25.2 Å². The second-order valence-electron chi connectivity index (χ2n) is 2.61. The van der Waals surface area contributed by atoms with Gasteiger partial charge < -0.3 is 25.2 Å². The molecule has 66 valence electrons. The first-order valence-electron chi connectivity index (χ1n) is 3.45. The van der Waals surface area contributed by atoms with Crippen molar-refractivity contribution in [3.05, 3.63) is 0 Å². The standard InChI is InChI=1S/C6H12O5/c7-2-4-6(10)3(8)1-5(9)11-4/h3-10H,1-2H2/t3-,4-,5-,6+/m0/s1. The summed E-state index contributed by atoms with van der Waals surface area (Å²) in [5.74, 6) is 0. The van der Waals surface area contributed by atoms with Gasteiger partial charge in [-0.3, -0.25) is 0 Å². The van der Waals surface area contributed by atoms with Gasteiger partial charge in [-0.2, -0.15) is 0 Å². The molecule has 11 heavy (non-hydrogen) atoms. The molecule has 0 aliphatic carbocycles. The summed E-state index contributed by atoms with van der Waals surface area (Å²) in [5, 5.41) is 35.6. The van der Waals surface area contributed by atoms with Crippen molar-refractivity contribution in [3.8, 4) is 0 Å². The summed E-state index contributed by atoms with van der Waals surface area (Å²) < 4.78 is 4.71. The molecule has 0 saturated carbocycles. The van der Waals surface area contributed by atoms with Gasteiger partial charge in [0.2, 0.25) is 0 Å². The Morgan fingerprint density at radius 3 is 2.45 bits per heavy atom. The summed E-state index contributed by atoms with van der Waals surface area (Å²) >= 11 is 0. The lowest BCUT2D eigenvalue weighted by molar-refractivity contribution is -0.239. The van der Waals surface area contributed by atoms with Crippen LogP contribution in [0, 0.1) is 0 Å². The molecule has 0 aromatic heterocycles. The Labute approximate surface area is 63.8 Å². The van der Waals surface area contributed by atoms with Crippen LogP contribution < -0.4 is 0 Å². The monoisotopic (exact) mass is 164 g/mol. The third-order valence-corrected chi connectivity index (χ3v) is 1.73. The minimum atomic E-state index is -1.11. The fourth-order valence-electron chi connectivity index (χ4n) is 1.08. The van der Waals surface area contributed by atoms with Gasteiger partial charge in [-0.15, -0.1) is 0 Å². The fourth-order valence-corrected chi connectivity index (χ4v) is 1.08.